The van der Waals surface area contributed by atoms with Crippen LogP contribution in [-0.2, 0) is 4.74 Å². The molecule has 2 rings (SSSR count). The first-order valence-corrected chi connectivity index (χ1v) is 5.47. The van der Waals surface area contributed by atoms with Crippen molar-refractivity contribution in [2.75, 3.05) is 13.2 Å². The minimum absolute atomic E-state index is 0.237. The van der Waals surface area contributed by atoms with Crippen molar-refractivity contribution in [2.24, 2.45) is 11.7 Å². The topological polar surface area (TPSA) is 35.2 Å². The van der Waals surface area contributed by atoms with Crippen LogP contribution in [0.4, 0.5) is 8.78 Å². The average molecular weight is 227 g/mol. The molecule has 1 heterocycles. The molecule has 0 radical (unpaired) electrons. The molecule has 0 spiro atoms. The Kier molecular flexibility index (Phi) is 3.51. The lowest BCUT2D eigenvalue weighted by atomic mass is 9.88. The Morgan fingerprint density at radius 1 is 1.19 bits per heavy atom. The van der Waals surface area contributed by atoms with E-state index in [0.29, 0.717) is 24.7 Å². The highest BCUT2D eigenvalue weighted by atomic mass is 19.2. The summed E-state index contributed by atoms with van der Waals surface area (Å²) in [7, 11) is 0. The summed E-state index contributed by atoms with van der Waals surface area (Å²) in [6.07, 6.45) is 1.75. The fourth-order valence-electron chi connectivity index (χ4n) is 2.07. The lowest BCUT2D eigenvalue weighted by Gasteiger charge is -2.27. The first kappa shape index (κ1) is 11.5. The highest BCUT2D eigenvalue weighted by molar-refractivity contribution is 5.21. The van der Waals surface area contributed by atoms with E-state index in [1.54, 1.807) is 6.07 Å². The van der Waals surface area contributed by atoms with Crippen LogP contribution in [0.1, 0.15) is 24.4 Å². The van der Waals surface area contributed by atoms with Gasteiger partial charge in [-0.3, -0.25) is 0 Å². The number of halogens is 2. The largest absolute Gasteiger partial charge is 0.381 e. The molecule has 1 aliphatic rings. The van der Waals surface area contributed by atoms with Gasteiger partial charge in [-0.2, -0.15) is 0 Å². The average Bonchev–Trinajstić information content (AvgIpc) is 2.33. The number of ether oxygens (including phenoxy) is 1. The van der Waals surface area contributed by atoms with Gasteiger partial charge in [-0.15, -0.1) is 0 Å². The lowest BCUT2D eigenvalue weighted by molar-refractivity contribution is 0.0583. The molecule has 0 bridgehead atoms. The molecule has 88 valence electrons. The smallest absolute Gasteiger partial charge is 0.159 e. The van der Waals surface area contributed by atoms with Crippen molar-refractivity contribution in [1.29, 1.82) is 0 Å². The first-order valence-electron chi connectivity index (χ1n) is 5.47. The SMILES string of the molecule is N[C@@H](c1ccc(F)c(F)c1)C1CCOCC1. The van der Waals surface area contributed by atoms with Crippen LogP contribution in [0.15, 0.2) is 18.2 Å². The van der Waals surface area contributed by atoms with E-state index < -0.39 is 11.6 Å². The Morgan fingerprint density at radius 2 is 1.88 bits per heavy atom. The van der Waals surface area contributed by atoms with Crippen molar-refractivity contribution in [2.45, 2.75) is 18.9 Å². The van der Waals surface area contributed by atoms with Crippen LogP contribution >= 0.6 is 0 Å². The van der Waals surface area contributed by atoms with Crippen molar-refractivity contribution >= 4 is 0 Å². The molecule has 1 aromatic rings. The van der Waals surface area contributed by atoms with E-state index >= 15 is 0 Å². The summed E-state index contributed by atoms with van der Waals surface area (Å²) < 4.78 is 31.1. The second-order valence-corrected chi connectivity index (χ2v) is 4.15. The molecule has 0 aliphatic carbocycles. The summed E-state index contributed by atoms with van der Waals surface area (Å²) in [5.41, 5.74) is 6.70. The van der Waals surface area contributed by atoms with E-state index in [1.165, 1.54) is 6.07 Å². The van der Waals surface area contributed by atoms with Gasteiger partial charge in [0.2, 0.25) is 0 Å². The Morgan fingerprint density at radius 3 is 2.50 bits per heavy atom. The van der Waals surface area contributed by atoms with Gasteiger partial charge in [0.15, 0.2) is 11.6 Å². The molecule has 2 nitrogen and oxygen atoms in total. The molecular formula is C12H15F2NO. The van der Waals surface area contributed by atoms with Crippen LogP contribution in [0.25, 0.3) is 0 Å². The van der Waals surface area contributed by atoms with Gasteiger partial charge in [-0.25, -0.2) is 8.78 Å². The second-order valence-electron chi connectivity index (χ2n) is 4.15. The van der Waals surface area contributed by atoms with Gasteiger partial charge in [-0.05, 0) is 36.5 Å². The van der Waals surface area contributed by atoms with Crippen LogP contribution in [0, 0.1) is 17.6 Å². The number of hydrogen-bond donors (Lipinski definition) is 1. The standard InChI is InChI=1S/C12H15F2NO/c13-10-2-1-9(7-11(10)14)12(15)8-3-5-16-6-4-8/h1-2,7-8,12H,3-6,15H2/t12-/m1/s1. The van der Waals surface area contributed by atoms with Gasteiger partial charge in [-0.1, -0.05) is 6.07 Å². The molecule has 1 atom stereocenters. The van der Waals surface area contributed by atoms with E-state index in [-0.39, 0.29) is 6.04 Å². The normalized spacial score (nSPS) is 19.7. The van der Waals surface area contributed by atoms with E-state index in [1.807, 2.05) is 0 Å². The van der Waals surface area contributed by atoms with E-state index in [2.05, 4.69) is 0 Å². The monoisotopic (exact) mass is 227 g/mol. The third-order valence-electron chi connectivity index (χ3n) is 3.10. The lowest BCUT2D eigenvalue weighted by Crippen LogP contribution is -2.27. The zero-order chi connectivity index (χ0) is 11.5. The fraction of sp³-hybridized carbons (Fsp3) is 0.500. The van der Waals surface area contributed by atoms with Crippen LogP contribution in [-0.4, -0.2) is 13.2 Å². The first-order chi connectivity index (χ1) is 7.68. The maximum absolute atomic E-state index is 13.1. The van der Waals surface area contributed by atoms with Gasteiger partial charge >= 0.3 is 0 Å². The summed E-state index contributed by atoms with van der Waals surface area (Å²) >= 11 is 0. The molecule has 16 heavy (non-hydrogen) atoms. The molecule has 1 fully saturated rings. The Balaban J connectivity index is 2.12. The number of rotatable bonds is 2. The Labute approximate surface area is 93.4 Å². The van der Waals surface area contributed by atoms with E-state index in [9.17, 15) is 8.78 Å². The van der Waals surface area contributed by atoms with Gasteiger partial charge in [0, 0.05) is 19.3 Å². The summed E-state index contributed by atoms with van der Waals surface area (Å²) in [5, 5.41) is 0. The highest BCUT2D eigenvalue weighted by Gasteiger charge is 2.22. The number of benzene rings is 1. The van der Waals surface area contributed by atoms with Crippen molar-refractivity contribution < 1.29 is 13.5 Å². The van der Waals surface area contributed by atoms with Crippen LogP contribution < -0.4 is 5.73 Å². The predicted molar refractivity (Wildman–Crippen MR) is 56.8 cm³/mol. The molecule has 2 N–H and O–H groups in total. The van der Waals surface area contributed by atoms with E-state index in [0.717, 1.165) is 18.9 Å². The van der Waals surface area contributed by atoms with Gasteiger partial charge in [0.25, 0.3) is 0 Å². The molecule has 0 saturated carbocycles. The summed E-state index contributed by atoms with van der Waals surface area (Å²) in [4.78, 5) is 0. The third-order valence-corrected chi connectivity index (χ3v) is 3.10. The quantitative estimate of drug-likeness (QED) is 0.842. The van der Waals surface area contributed by atoms with Crippen molar-refractivity contribution in [3.8, 4) is 0 Å². The molecule has 0 unspecified atom stereocenters. The Hall–Kier alpha value is -1.00. The maximum Gasteiger partial charge on any atom is 0.159 e. The van der Waals surface area contributed by atoms with E-state index in [4.69, 9.17) is 10.5 Å². The predicted octanol–water partition coefficient (Wildman–Crippen LogP) is 2.39. The third kappa shape index (κ3) is 2.39. The second kappa shape index (κ2) is 4.89. The maximum atomic E-state index is 13.1. The number of hydrogen-bond acceptors (Lipinski definition) is 2. The zero-order valence-electron chi connectivity index (χ0n) is 8.96. The fourth-order valence-corrected chi connectivity index (χ4v) is 2.07. The van der Waals surface area contributed by atoms with Crippen molar-refractivity contribution in [1.82, 2.24) is 0 Å². The summed E-state index contributed by atoms with van der Waals surface area (Å²) in [5.74, 6) is -1.37. The van der Waals surface area contributed by atoms with Gasteiger partial charge < -0.3 is 10.5 Å². The van der Waals surface area contributed by atoms with Gasteiger partial charge in [0.1, 0.15) is 0 Å². The van der Waals surface area contributed by atoms with Gasteiger partial charge in [0.05, 0.1) is 0 Å². The van der Waals surface area contributed by atoms with Crippen LogP contribution in [0.5, 0.6) is 0 Å². The summed E-state index contributed by atoms with van der Waals surface area (Å²) in [6, 6.07) is 3.64. The molecule has 1 aliphatic heterocycles. The number of nitrogens with two attached hydrogens (primary N) is 1. The van der Waals surface area contributed by atoms with Crippen LogP contribution in [0.2, 0.25) is 0 Å². The Bertz CT molecular complexity index is 364. The molecule has 0 amide bonds. The zero-order valence-corrected chi connectivity index (χ0v) is 8.96. The molecular weight excluding hydrogens is 212 g/mol. The summed E-state index contributed by atoms with van der Waals surface area (Å²) in [6.45, 7) is 1.39. The van der Waals surface area contributed by atoms with Crippen molar-refractivity contribution in [3.63, 3.8) is 0 Å². The molecule has 4 heteroatoms. The molecule has 0 aromatic heterocycles. The minimum atomic E-state index is -0.833. The molecule has 1 saturated heterocycles. The van der Waals surface area contributed by atoms with Crippen LogP contribution in [0.3, 0.4) is 0 Å². The highest BCUT2D eigenvalue weighted by Crippen LogP contribution is 2.28. The van der Waals surface area contributed by atoms with Crippen molar-refractivity contribution in [3.05, 3.63) is 35.4 Å². The minimum Gasteiger partial charge on any atom is -0.381 e. The molecule has 1 aromatic carbocycles.